The third kappa shape index (κ3) is 3.12. The molecule has 4 rings (SSSR count). The second kappa shape index (κ2) is 7.17. The van der Waals surface area contributed by atoms with Gasteiger partial charge in [0, 0.05) is 37.4 Å². The van der Waals surface area contributed by atoms with Crippen molar-refractivity contribution in [1.29, 1.82) is 0 Å². The quantitative estimate of drug-likeness (QED) is 0.725. The van der Waals surface area contributed by atoms with E-state index in [1.54, 1.807) is 18.4 Å². The molecule has 0 spiro atoms. The van der Waals surface area contributed by atoms with E-state index in [9.17, 15) is 4.79 Å². The summed E-state index contributed by atoms with van der Waals surface area (Å²) < 4.78 is 3.20. The lowest BCUT2D eigenvalue weighted by molar-refractivity contribution is 0.0956. The standard InChI is InChI=1S/C19H23N5OS/c1-3-24-15-9-8-12(10-13(15)18(23-24)19(25)20-2)21-11-17-22-14-6-4-5-7-16(14)26-17/h4-7,12,21H,3,8-11H2,1-2H3,(H,20,25). The Labute approximate surface area is 156 Å². The zero-order valence-corrected chi connectivity index (χ0v) is 15.9. The lowest BCUT2D eigenvalue weighted by atomic mass is 9.91. The second-order valence-corrected chi connectivity index (χ2v) is 7.68. The largest absolute Gasteiger partial charge is 0.354 e. The summed E-state index contributed by atoms with van der Waals surface area (Å²) in [6.45, 7) is 3.62. The van der Waals surface area contributed by atoms with Gasteiger partial charge in [-0.3, -0.25) is 9.48 Å². The number of nitrogens with zero attached hydrogens (tertiary/aromatic N) is 3. The number of para-hydroxylation sites is 1. The van der Waals surface area contributed by atoms with Gasteiger partial charge in [-0.2, -0.15) is 5.10 Å². The Morgan fingerprint density at radius 3 is 3.00 bits per heavy atom. The molecule has 136 valence electrons. The predicted octanol–water partition coefficient (Wildman–Crippen LogP) is 2.52. The molecular weight excluding hydrogens is 346 g/mol. The van der Waals surface area contributed by atoms with Gasteiger partial charge in [-0.1, -0.05) is 12.1 Å². The maximum atomic E-state index is 12.2. The first kappa shape index (κ1) is 17.2. The third-order valence-electron chi connectivity index (χ3n) is 4.97. The van der Waals surface area contributed by atoms with E-state index in [2.05, 4.69) is 34.8 Å². The number of fused-ring (bicyclic) bond motifs is 2. The Bertz CT molecular complexity index is 912. The minimum atomic E-state index is -0.0970. The monoisotopic (exact) mass is 369 g/mol. The van der Waals surface area contributed by atoms with Crippen LogP contribution in [0.2, 0.25) is 0 Å². The molecule has 0 saturated heterocycles. The van der Waals surface area contributed by atoms with Crippen molar-refractivity contribution in [3.63, 3.8) is 0 Å². The van der Waals surface area contributed by atoms with Crippen LogP contribution in [-0.2, 0) is 25.9 Å². The Balaban J connectivity index is 1.49. The molecule has 1 aliphatic carbocycles. The molecule has 1 atom stereocenters. The lowest BCUT2D eigenvalue weighted by Crippen LogP contribution is -2.35. The molecule has 1 aliphatic rings. The van der Waals surface area contributed by atoms with E-state index in [0.29, 0.717) is 11.7 Å². The highest BCUT2D eigenvalue weighted by molar-refractivity contribution is 7.18. The van der Waals surface area contributed by atoms with Crippen molar-refractivity contribution in [2.45, 2.75) is 45.3 Å². The molecule has 1 aromatic carbocycles. The summed E-state index contributed by atoms with van der Waals surface area (Å²) in [6, 6.07) is 8.57. The molecule has 26 heavy (non-hydrogen) atoms. The van der Waals surface area contributed by atoms with E-state index < -0.39 is 0 Å². The number of thiazole rings is 1. The SMILES string of the molecule is CCn1nc(C(=O)NC)c2c1CCC(NCc1nc3ccccc3s1)C2. The number of amides is 1. The van der Waals surface area contributed by atoms with Crippen molar-refractivity contribution in [1.82, 2.24) is 25.4 Å². The highest BCUT2D eigenvalue weighted by Crippen LogP contribution is 2.26. The van der Waals surface area contributed by atoms with Crippen molar-refractivity contribution >= 4 is 27.5 Å². The smallest absolute Gasteiger partial charge is 0.271 e. The topological polar surface area (TPSA) is 71.8 Å². The molecule has 0 fully saturated rings. The minimum Gasteiger partial charge on any atom is -0.354 e. The van der Waals surface area contributed by atoms with Crippen molar-refractivity contribution in [3.05, 3.63) is 46.2 Å². The van der Waals surface area contributed by atoms with Crippen LogP contribution in [0.4, 0.5) is 0 Å². The average molecular weight is 369 g/mol. The van der Waals surface area contributed by atoms with Crippen molar-refractivity contribution in [2.75, 3.05) is 7.05 Å². The number of hydrogen-bond acceptors (Lipinski definition) is 5. The first-order chi connectivity index (χ1) is 12.7. The van der Waals surface area contributed by atoms with Crippen molar-refractivity contribution in [3.8, 4) is 0 Å². The molecule has 1 amide bonds. The number of aryl methyl sites for hydroxylation is 1. The molecule has 7 heteroatoms. The molecule has 0 radical (unpaired) electrons. The van der Waals surface area contributed by atoms with Gasteiger partial charge in [0.05, 0.1) is 10.2 Å². The van der Waals surface area contributed by atoms with Crippen LogP contribution < -0.4 is 10.6 Å². The Morgan fingerprint density at radius 1 is 1.38 bits per heavy atom. The van der Waals surface area contributed by atoms with Crippen LogP contribution in [0, 0.1) is 0 Å². The summed E-state index contributed by atoms with van der Waals surface area (Å²) in [7, 11) is 1.66. The first-order valence-electron chi connectivity index (χ1n) is 9.08. The molecule has 1 unspecified atom stereocenters. The molecule has 2 aromatic heterocycles. The normalized spacial score (nSPS) is 16.6. The van der Waals surface area contributed by atoms with E-state index in [1.165, 1.54) is 10.4 Å². The number of carbonyl (C=O) groups excluding carboxylic acids is 1. The Morgan fingerprint density at radius 2 is 2.23 bits per heavy atom. The fourth-order valence-electron chi connectivity index (χ4n) is 3.65. The molecule has 2 N–H and O–H groups in total. The number of aromatic nitrogens is 3. The van der Waals surface area contributed by atoms with Gasteiger partial charge in [-0.25, -0.2) is 4.98 Å². The molecule has 6 nitrogen and oxygen atoms in total. The van der Waals surface area contributed by atoms with Crippen LogP contribution in [0.25, 0.3) is 10.2 Å². The fraction of sp³-hybridized carbons (Fsp3) is 0.421. The van der Waals surface area contributed by atoms with Gasteiger partial charge in [0.1, 0.15) is 5.01 Å². The maximum absolute atomic E-state index is 12.2. The molecule has 0 aliphatic heterocycles. The molecule has 2 heterocycles. The number of rotatable bonds is 5. The van der Waals surface area contributed by atoms with Gasteiger partial charge < -0.3 is 10.6 Å². The van der Waals surface area contributed by atoms with E-state index in [1.807, 2.05) is 16.8 Å². The molecule has 0 bridgehead atoms. The highest BCUT2D eigenvalue weighted by atomic mass is 32.1. The van der Waals surface area contributed by atoms with Crippen LogP contribution in [0.5, 0.6) is 0 Å². The Kier molecular flexibility index (Phi) is 4.74. The predicted molar refractivity (Wildman–Crippen MR) is 104 cm³/mol. The van der Waals surface area contributed by atoms with Gasteiger partial charge in [0.15, 0.2) is 5.69 Å². The van der Waals surface area contributed by atoms with E-state index in [0.717, 1.165) is 48.4 Å². The number of carbonyl (C=O) groups is 1. The first-order valence-corrected chi connectivity index (χ1v) is 9.89. The van der Waals surface area contributed by atoms with Crippen LogP contribution in [0.1, 0.15) is 40.1 Å². The maximum Gasteiger partial charge on any atom is 0.271 e. The summed E-state index contributed by atoms with van der Waals surface area (Å²) >= 11 is 1.74. The summed E-state index contributed by atoms with van der Waals surface area (Å²) in [5.74, 6) is -0.0970. The lowest BCUT2D eigenvalue weighted by Gasteiger charge is -2.24. The second-order valence-electron chi connectivity index (χ2n) is 6.56. The molecule has 3 aromatic rings. The van der Waals surface area contributed by atoms with Crippen molar-refractivity contribution < 1.29 is 4.79 Å². The Hall–Kier alpha value is -2.25. The summed E-state index contributed by atoms with van der Waals surface area (Å²) in [4.78, 5) is 16.9. The highest BCUT2D eigenvalue weighted by Gasteiger charge is 2.28. The van der Waals surface area contributed by atoms with E-state index in [-0.39, 0.29) is 5.91 Å². The van der Waals surface area contributed by atoms with Gasteiger partial charge in [0.2, 0.25) is 0 Å². The number of benzene rings is 1. The van der Waals surface area contributed by atoms with Crippen LogP contribution in [0.15, 0.2) is 24.3 Å². The van der Waals surface area contributed by atoms with Crippen LogP contribution in [-0.4, -0.2) is 33.8 Å². The summed E-state index contributed by atoms with van der Waals surface area (Å²) in [6.07, 6.45) is 2.84. The zero-order valence-electron chi connectivity index (χ0n) is 15.1. The summed E-state index contributed by atoms with van der Waals surface area (Å²) in [5, 5.41) is 12.0. The fourth-order valence-corrected chi connectivity index (χ4v) is 4.57. The van der Waals surface area contributed by atoms with E-state index in [4.69, 9.17) is 4.98 Å². The van der Waals surface area contributed by atoms with Crippen molar-refractivity contribution in [2.24, 2.45) is 0 Å². The number of hydrogen-bond donors (Lipinski definition) is 2. The van der Waals surface area contributed by atoms with Gasteiger partial charge in [-0.15, -0.1) is 11.3 Å². The van der Waals surface area contributed by atoms with Crippen LogP contribution >= 0.6 is 11.3 Å². The van der Waals surface area contributed by atoms with Crippen LogP contribution in [0.3, 0.4) is 0 Å². The average Bonchev–Trinajstić information content (AvgIpc) is 3.26. The number of nitrogens with one attached hydrogen (secondary N) is 2. The van der Waals surface area contributed by atoms with Gasteiger partial charge >= 0.3 is 0 Å². The summed E-state index contributed by atoms with van der Waals surface area (Å²) in [5.41, 5.74) is 3.95. The van der Waals surface area contributed by atoms with Gasteiger partial charge in [0.25, 0.3) is 5.91 Å². The molecular formula is C19H23N5OS. The van der Waals surface area contributed by atoms with E-state index >= 15 is 0 Å². The van der Waals surface area contributed by atoms with Gasteiger partial charge in [-0.05, 0) is 38.3 Å². The molecule has 0 saturated carbocycles. The minimum absolute atomic E-state index is 0.0970. The third-order valence-corrected chi connectivity index (χ3v) is 6.00. The zero-order chi connectivity index (χ0) is 18.1.